The highest BCUT2D eigenvalue weighted by molar-refractivity contribution is 5.93. The highest BCUT2D eigenvalue weighted by Crippen LogP contribution is 2.24. The number of aliphatic imine (C=N–C) groups is 1. The summed E-state index contributed by atoms with van der Waals surface area (Å²) in [5.41, 5.74) is -0.409. The quantitative estimate of drug-likeness (QED) is 0.449. The molecule has 124 valence electrons. The highest BCUT2D eigenvalue weighted by Gasteiger charge is 2.13. The molecular weight excluding hydrogens is 326 g/mol. The van der Waals surface area contributed by atoms with E-state index in [1.165, 1.54) is 12.5 Å². The Labute approximate surface area is 140 Å². The average Bonchev–Trinajstić information content (AvgIpc) is 3.29. The molecule has 0 unspecified atom stereocenters. The highest BCUT2D eigenvalue weighted by atomic mass is 16.5. The van der Waals surface area contributed by atoms with Gasteiger partial charge in [0, 0.05) is 6.21 Å². The first-order chi connectivity index (χ1) is 12.2. The predicted molar refractivity (Wildman–Crippen MR) is 87.4 cm³/mol. The van der Waals surface area contributed by atoms with Crippen LogP contribution in [0.5, 0.6) is 5.75 Å². The molecule has 0 radical (unpaired) electrons. The molecule has 8 heteroatoms. The zero-order chi connectivity index (χ0) is 17.2. The first-order valence-electron chi connectivity index (χ1n) is 7.33. The van der Waals surface area contributed by atoms with Crippen molar-refractivity contribution in [2.75, 3.05) is 0 Å². The Hall–Kier alpha value is -3.68. The van der Waals surface area contributed by atoms with E-state index in [1.807, 2.05) is 0 Å². The Morgan fingerprint density at radius 3 is 2.92 bits per heavy atom. The van der Waals surface area contributed by atoms with Crippen molar-refractivity contribution >= 4 is 17.2 Å². The molecule has 0 bridgehead atoms. The van der Waals surface area contributed by atoms with Crippen LogP contribution in [0.2, 0.25) is 0 Å². The van der Waals surface area contributed by atoms with Crippen LogP contribution in [-0.2, 0) is 6.54 Å². The summed E-state index contributed by atoms with van der Waals surface area (Å²) in [5, 5.41) is 14.5. The molecule has 0 atom stereocenters. The van der Waals surface area contributed by atoms with Crippen molar-refractivity contribution < 1.29 is 18.5 Å². The van der Waals surface area contributed by atoms with E-state index >= 15 is 0 Å². The fourth-order valence-electron chi connectivity index (χ4n) is 2.30. The number of benzene rings is 1. The van der Waals surface area contributed by atoms with Crippen molar-refractivity contribution in [2.45, 2.75) is 6.54 Å². The molecule has 4 aromatic rings. The number of rotatable bonds is 4. The van der Waals surface area contributed by atoms with Gasteiger partial charge in [-0.3, -0.25) is 4.99 Å². The van der Waals surface area contributed by atoms with Crippen LogP contribution >= 0.6 is 0 Å². The minimum atomic E-state index is -0.679. The Bertz CT molecular complexity index is 1110. The first kappa shape index (κ1) is 14.9. The maximum absolute atomic E-state index is 12.0. The summed E-state index contributed by atoms with van der Waals surface area (Å²) in [6, 6.07) is 10.1. The van der Waals surface area contributed by atoms with E-state index in [4.69, 9.17) is 13.4 Å². The van der Waals surface area contributed by atoms with Crippen molar-refractivity contribution in [1.29, 1.82) is 0 Å². The molecule has 0 aliphatic rings. The molecular formula is C17H11N3O5. The van der Waals surface area contributed by atoms with E-state index in [2.05, 4.69) is 15.1 Å². The van der Waals surface area contributed by atoms with Crippen LogP contribution in [0, 0.1) is 0 Å². The van der Waals surface area contributed by atoms with Crippen LogP contribution in [0.3, 0.4) is 0 Å². The van der Waals surface area contributed by atoms with Gasteiger partial charge in [0.2, 0.25) is 11.7 Å². The Balaban J connectivity index is 1.58. The number of aromatic nitrogens is 2. The smallest absolute Gasteiger partial charge is 0.348 e. The SMILES string of the molecule is O=c1oc2ccccc2c(O)c1C=NCc1nc(-c2ccco2)no1. The maximum Gasteiger partial charge on any atom is 0.348 e. The Kier molecular flexibility index (Phi) is 3.62. The van der Waals surface area contributed by atoms with Gasteiger partial charge in [-0.1, -0.05) is 17.3 Å². The second-order valence-corrected chi connectivity index (χ2v) is 5.11. The van der Waals surface area contributed by atoms with Crippen LogP contribution in [0.4, 0.5) is 0 Å². The number of hydrogen-bond acceptors (Lipinski definition) is 8. The van der Waals surface area contributed by atoms with Crippen LogP contribution in [0.15, 0.2) is 65.8 Å². The molecule has 0 amide bonds. The summed E-state index contributed by atoms with van der Waals surface area (Å²) in [6.45, 7) is 0.0411. The van der Waals surface area contributed by atoms with Crippen LogP contribution in [-0.4, -0.2) is 21.5 Å². The monoisotopic (exact) mass is 337 g/mol. The van der Waals surface area contributed by atoms with Crippen molar-refractivity contribution in [2.24, 2.45) is 4.99 Å². The van der Waals surface area contributed by atoms with Gasteiger partial charge in [0.1, 0.15) is 23.4 Å². The summed E-state index contributed by atoms with van der Waals surface area (Å²) >= 11 is 0. The lowest BCUT2D eigenvalue weighted by atomic mass is 10.1. The first-order valence-corrected chi connectivity index (χ1v) is 7.33. The van der Waals surface area contributed by atoms with Crippen molar-refractivity contribution in [1.82, 2.24) is 10.1 Å². The average molecular weight is 337 g/mol. The van der Waals surface area contributed by atoms with Gasteiger partial charge in [0.15, 0.2) is 5.76 Å². The summed E-state index contributed by atoms with van der Waals surface area (Å²) in [6.07, 6.45) is 2.73. The fraction of sp³-hybridized carbons (Fsp3) is 0.0588. The molecule has 0 saturated heterocycles. The Morgan fingerprint density at radius 2 is 2.08 bits per heavy atom. The van der Waals surface area contributed by atoms with Gasteiger partial charge >= 0.3 is 5.63 Å². The lowest BCUT2D eigenvalue weighted by molar-refractivity contribution is 0.380. The predicted octanol–water partition coefficient (Wildman–Crippen LogP) is 2.76. The molecule has 3 aromatic heterocycles. The van der Waals surface area contributed by atoms with Gasteiger partial charge in [-0.2, -0.15) is 4.98 Å². The number of hydrogen-bond donors (Lipinski definition) is 1. The molecule has 8 nitrogen and oxygen atoms in total. The van der Waals surface area contributed by atoms with Crippen molar-refractivity contribution in [3.05, 3.63) is 64.5 Å². The normalized spacial score (nSPS) is 11.5. The summed E-state index contributed by atoms with van der Waals surface area (Å²) in [7, 11) is 0. The van der Waals surface area contributed by atoms with E-state index in [0.717, 1.165) is 0 Å². The Morgan fingerprint density at radius 1 is 1.20 bits per heavy atom. The second kappa shape index (κ2) is 6.08. The number of para-hydroxylation sites is 1. The van der Waals surface area contributed by atoms with Crippen LogP contribution < -0.4 is 5.63 Å². The van der Waals surface area contributed by atoms with E-state index in [0.29, 0.717) is 22.6 Å². The third kappa shape index (κ3) is 2.80. The number of furan rings is 1. The number of fused-ring (bicyclic) bond motifs is 1. The lowest BCUT2D eigenvalue weighted by Gasteiger charge is -2.01. The van der Waals surface area contributed by atoms with Crippen molar-refractivity contribution in [3.8, 4) is 17.3 Å². The fourth-order valence-corrected chi connectivity index (χ4v) is 2.30. The number of nitrogens with zero attached hydrogens (tertiary/aromatic N) is 3. The molecule has 0 fully saturated rings. The summed E-state index contributed by atoms with van der Waals surface area (Å²) in [4.78, 5) is 20.2. The maximum atomic E-state index is 12.0. The molecule has 0 aliphatic carbocycles. The zero-order valence-electron chi connectivity index (χ0n) is 12.7. The van der Waals surface area contributed by atoms with E-state index in [9.17, 15) is 9.90 Å². The van der Waals surface area contributed by atoms with E-state index in [-0.39, 0.29) is 23.7 Å². The molecule has 25 heavy (non-hydrogen) atoms. The molecule has 1 N–H and O–H groups in total. The second-order valence-electron chi connectivity index (χ2n) is 5.11. The van der Waals surface area contributed by atoms with Gasteiger partial charge in [0.25, 0.3) is 0 Å². The van der Waals surface area contributed by atoms with E-state index < -0.39 is 5.63 Å². The topological polar surface area (TPSA) is 115 Å². The molecule has 4 rings (SSSR count). The molecule has 0 spiro atoms. The molecule has 1 aromatic carbocycles. The van der Waals surface area contributed by atoms with Gasteiger partial charge < -0.3 is 18.5 Å². The third-order valence-corrected chi connectivity index (χ3v) is 3.48. The van der Waals surface area contributed by atoms with Crippen molar-refractivity contribution in [3.63, 3.8) is 0 Å². The minimum Gasteiger partial charge on any atom is -0.506 e. The zero-order valence-corrected chi connectivity index (χ0v) is 12.7. The van der Waals surface area contributed by atoms with Gasteiger partial charge in [-0.05, 0) is 24.3 Å². The largest absolute Gasteiger partial charge is 0.506 e. The summed E-state index contributed by atoms with van der Waals surface area (Å²) in [5.74, 6) is 0.847. The van der Waals surface area contributed by atoms with Gasteiger partial charge in [-0.25, -0.2) is 4.79 Å². The third-order valence-electron chi connectivity index (χ3n) is 3.48. The molecule has 0 saturated carbocycles. The minimum absolute atomic E-state index is 0.0375. The van der Waals surface area contributed by atoms with E-state index in [1.54, 1.807) is 36.4 Å². The standard InChI is InChI=1S/C17H11N3O5/c21-15-10-4-1-2-5-12(10)24-17(22)11(15)8-18-9-14-19-16(20-25-14)13-6-3-7-23-13/h1-8,21H,9H2. The van der Waals surface area contributed by atoms with Gasteiger partial charge in [-0.15, -0.1) is 0 Å². The van der Waals surface area contributed by atoms with Gasteiger partial charge in [0.05, 0.1) is 11.6 Å². The molecule has 0 aliphatic heterocycles. The summed E-state index contributed by atoms with van der Waals surface area (Å²) < 4.78 is 15.4. The number of aromatic hydroxyl groups is 1. The molecule has 3 heterocycles. The van der Waals surface area contributed by atoms with Crippen LogP contribution in [0.25, 0.3) is 22.6 Å². The van der Waals surface area contributed by atoms with Crippen LogP contribution in [0.1, 0.15) is 11.5 Å². The lowest BCUT2D eigenvalue weighted by Crippen LogP contribution is -2.07.